The molecule has 0 bridgehead atoms. The van der Waals surface area contributed by atoms with Crippen LogP contribution in [0.5, 0.6) is 0 Å². The standard InChI is InChI=1S/C6H4F2.Li.H/c7-5-3-1-2-4-6(5)8;;/h1-4H;;. The van der Waals surface area contributed by atoms with Gasteiger partial charge in [0.25, 0.3) is 0 Å². The molecule has 0 saturated carbocycles. The van der Waals surface area contributed by atoms with Crippen molar-refractivity contribution in [3.8, 4) is 0 Å². The Hall–Kier alpha value is -0.323. The summed E-state index contributed by atoms with van der Waals surface area (Å²) in [5.41, 5.74) is 0. The number of hydrogen-bond donors (Lipinski definition) is 0. The molecule has 0 unspecified atom stereocenters. The molecule has 1 aromatic rings. The van der Waals surface area contributed by atoms with E-state index in [2.05, 4.69) is 0 Å². The van der Waals surface area contributed by atoms with Gasteiger partial charge in [0.15, 0.2) is 11.6 Å². The first-order valence-electron chi connectivity index (χ1n) is 2.21. The fourth-order valence-corrected chi connectivity index (χ4v) is 0.439. The summed E-state index contributed by atoms with van der Waals surface area (Å²) < 4.78 is 23.9. The Morgan fingerprint density at radius 3 is 1.44 bits per heavy atom. The van der Waals surface area contributed by atoms with Crippen LogP contribution in [-0.4, -0.2) is 18.9 Å². The molecule has 0 aliphatic heterocycles. The molecule has 44 valence electrons. The topological polar surface area (TPSA) is 0 Å². The molecule has 1 rings (SSSR count). The average Bonchev–Trinajstić information content (AvgIpc) is 1.77. The molecule has 1 aromatic carbocycles. The van der Waals surface area contributed by atoms with E-state index in [0.717, 1.165) is 12.1 Å². The van der Waals surface area contributed by atoms with Crippen molar-refractivity contribution in [3.05, 3.63) is 35.9 Å². The average molecular weight is 122 g/mol. The van der Waals surface area contributed by atoms with Crippen molar-refractivity contribution in [2.75, 3.05) is 0 Å². The first-order valence-corrected chi connectivity index (χ1v) is 2.21. The molecule has 9 heavy (non-hydrogen) atoms. The number of benzene rings is 1. The molecule has 0 nitrogen and oxygen atoms in total. The van der Waals surface area contributed by atoms with E-state index < -0.39 is 11.6 Å². The van der Waals surface area contributed by atoms with Gasteiger partial charge in [-0.1, -0.05) is 12.1 Å². The van der Waals surface area contributed by atoms with Crippen LogP contribution in [0.3, 0.4) is 0 Å². The normalized spacial score (nSPS) is 8.22. The maximum atomic E-state index is 11.9. The molecule has 0 saturated heterocycles. The van der Waals surface area contributed by atoms with Crippen LogP contribution in [0.2, 0.25) is 0 Å². The zero-order valence-corrected chi connectivity index (χ0v) is 4.07. The summed E-state index contributed by atoms with van der Waals surface area (Å²) in [4.78, 5) is 0. The first-order chi connectivity index (χ1) is 3.80. The van der Waals surface area contributed by atoms with Crippen LogP contribution in [0.1, 0.15) is 0 Å². The Bertz CT molecular complexity index is 167. The third kappa shape index (κ3) is 2.17. The van der Waals surface area contributed by atoms with Crippen LogP contribution in [0, 0.1) is 11.6 Å². The van der Waals surface area contributed by atoms with Gasteiger partial charge in [-0.15, -0.1) is 0 Å². The molecule has 0 fully saturated rings. The van der Waals surface area contributed by atoms with Gasteiger partial charge in [0.2, 0.25) is 0 Å². The van der Waals surface area contributed by atoms with Crippen LogP contribution < -0.4 is 0 Å². The summed E-state index contributed by atoms with van der Waals surface area (Å²) >= 11 is 0. The third-order valence-corrected chi connectivity index (χ3v) is 0.824. The molecule has 0 N–H and O–H groups in total. The first kappa shape index (κ1) is 8.68. The van der Waals surface area contributed by atoms with Gasteiger partial charge >= 0.3 is 18.9 Å². The van der Waals surface area contributed by atoms with Crippen LogP contribution in [0.25, 0.3) is 0 Å². The van der Waals surface area contributed by atoms with Crippen molar-refractivity contribution < 1.29 is 8.78 Å². The molecule has 0 aliphatic carbocycles. The summed E-state index contributed by atoms with van der Waals surface area (Å²) in [5.74, 6) is -1.60. The second-order valence-corrected chi connectivity index (χ2v) is 1.41. The zero-order valence-electron chi connectivity index (χ0n) is 4.07. The fraction of sp³-hybridized carbons (Fsp3) is 0. The second-order valence-electron chi connectivity index (χ2n) is 1.41. The van der Waals surface area contributed by atoms with Gasteiger partial charge in [0.05, 0.1) is 0 Å². The van der Waals surface area contributed by atoms with Crippen molar-refractivity contribution in [1.82, 2.24) is 0 Å². The van der Waals surface area contributed by atoms with Crippen molar-refractivity contribution in [1.29, 1.82) is 0 Å². The quantitative estimate of drug-likeness (QED) is 0.455. The predicted molar refractivity (Wildman–Crippen MR) is 33.5 cm³/mol. The van der Waals surface area contributed by atoms with Gasteiger partial charge in [0, 0.05) is 0 Å². The van der Waals surface area contributed by atoms with E-state index in [1.54, 1.807) is 0 Å². The Morgan fingerprint density at radius 2 is 1.22 bits per heavy atom. The summed E-state index contributed by atoms with van der Waals surface area (Å²) in [6, 6.07) is 5.04. The van der Waals surface area contributed by atoms with Crippen LogP contribution in [-0.2, 0) is 0 Å². The Balaban J connectivity index is 0.000000640. The molecule has 0 aromatic heterocycles. The second kappa shape index (κ2) is 3.66. The van der Waals surface area contributed by atoms with E-state index in [0.29, 0.717) is 0 Å². The number of hydrogen-bond acceptors (Lipinski definition) is 0. The van der Waals surface area contributed by atoms with E-state index in [1.807, 2.05) is 0 Å². The SMILES string of the molecule is Fc1ccccc1F.[LiH]. The molecule has 3 heteroatoms. The molecule has 0 amide bonds. The Kier molecular flexibility index (Phi) is 3.52. The molecular weight excluding hydrogens is 117 g/mol. The number of rotatable bonds is 0. The minimum atomic E-state index is -0.799. The molecule has 0 spiro atoms. The van der Waals surface area contributed by atoms with E-state index in [1.165, 1.54) is 12.1 Å². The predicted octanol–water partition coefficient (Wildman–Crippen LogP) is 1.32. The molecule has 0 radical (unpaired) electrons. The van der Waals surface area contributed by atoms with E-state index >= 15 is 0 Å². The summed E-state index contributed by atoms with van der Waals surface area (Å²) in [7, 11) is 0. The zero-order chi connectivity index (χ0) is 5.98. The van der Waals surface area contributed by atoms with E-state index in [-0.39, 0.29) is 18.9 Å². The Morgan fingerprint density at radius 1 is 0.889 bits per heavy atom. The van der Waals surface area contributed by atoms with Gasteiger partial charge in [-0.05, 0) is 12.1 Å². The molecular formula is C6H5F2Li. The van der Waals surface area contributed by atoms with Crippen molar-refractivity contribution in [2.24, 2.45) is 0 Å². The van der Waals surface area contributed by atoms with Gasteiger partial charge in [-0.3, -0.25) is 0 Å². The maximum absolute atomic E-state index is 11.9. The van der Waals surface area contributed by atoms with Gasteiger partial charge < -0.3 is 0 Å². The van der Waals surface area contributed by atoms with Gasteiger partial charge in [-0.2, -0.15) is 0 Å². The third-order valence-electron chi connectivity index (χ3n) is 0.824. The molecule has 0 heterocycles. The van der Waals surface area contributed by atoms with Crippen LogP contribution in [0.15, 0.2) is 24.3 Å². The van der Waals surface area contributed by atoms with Gasteiger partial charge in [0.1, 0.15) is 0 Å². The van der Waals surface area contributed by atoms with E-state index in [9.17, 15) is 8.78 Å². The van der Waals surface area contributed by atoms with Gasteiger partial charge in [-0.25, -0.2) is 8.78 Å². The number of halogens is 2. The van der Waals surface area contributed by atoms with E-state index in [4.69, 9.17) is 0 Å². The fourth-order valence-electron chi connectivity index (χ4n) is 0.439. The minimum absolute atomic E-state index is 0. The monoisotopic (exact) mass is 122 g/mol. The van der Waals surface area contributed by atoms with Crippen molar-refractivity contribution in [2.45, 2.75) is 0 Å². The van der Waals surface area contributed by atoms with Crippen molar-refractivity contribution in [3.63, 3.8) is 0 Å². The molecule has 0 aliphatic rings. The van der Waals surface area contributed by atoms with Crippen molar-refractivity contribution >= 4 is 18.9 Å². The van der Waals surface area contributed by atoms with Crippen LogP contribution in [0.4, 0.5) is 8.78 Å². The summed E-state index contributed by atoms with van der Waals surface area (Å²) in [6.45, 7) is 0. The Labute approximate surface area is 64.1 Å². The summed E-state index contributed by atoms with van der Waals surface area (Å²) in [5, 5.41) is 0. The summed E-state index contributed by atoms with van der Waals surface area (Å²) in [6.07, 6.45) is 0. The van der Waals surface area contributed by atoms with Crippen LogP contribution >= 0.6 is 0 Å². The molecule has 0 atom stereocenters.